The maximum absolute atomic E-state index is 12.3. The summed E-state index contributed by atoms with van der Waals surface area (Å²) in [6.45, 7) is 3.32. The van der Waals surface area contributed by atoms with Gasteiger partial charge in [-0.3, -0.25) is 0 Å². The molecule has 0 aliphatic rings. The molecule has 0 radical (unpaired) electrons. The van der Waals surface area contributed by atoms with E-state index in [1.165, 1.54) is 12.1 Å². The lowest BCUT2D eigenvalue weighted by Crippen LogP contribution is -2.06. The zero-order chi connectivity index (χ0) is 11.6. The monoisotopic (exact) mass is 280 g/mol. The Hall–Kier alpha value is -0.810. The summed E-state index contributed by atoms with van der Waals surface area (Å²) in [5, 5.41) is 9.38. The van der Waals surface area contributed by atoms with Crippen molar-refractivity contribution in [3.63, 3.8) is 0 Å². The molecule has 1 aromatic carbocycles. The molecule has 0 heterocycles. The van der Waals surface area contributed by atoms with Crippen LogP contribution in [0.1, 0.15) is 17.2 Å². The van der Waals surface area contributed by atoms with Gasteiger partial charge in [-0.05, 0) is 23.8 Å². The Morgan fingerprint density at radius 3 is 2.47 bits per heavy atom. The van der Waals surface area contributed by atoms with Gasteiger partial charge in [0.25, 0.3) is 0 Å². The SMILES string of the molecule is C=CC(O)c1cc(C(F)(F)F)ccc1Br. The highest BCUT2D eigenvalue weighted by Crippen LogP contribution is 2.34. The Morgan fingerprint density at radius 2 is 2.00 bits per heavy atom. The first-order chi connectivity index (χ1) is 6.86. The van der Waals surface area contributed by atoms with Crippen LogP contribution in [0, 0.1) is 0 Å². The minimum Gasteiger partial charge on any atom is -0.384 e. The fourth-order valence-corrected chi connectivity index (χ4v) is 1.55. The average molecular weight is 281 g/mol. The van der Waals surface area contributed by atoms with Gasteiger partial charge in [-0.1, -0.05) is 22.0 Å². The fraction of sp³-hybridized carbons (Fsp3) is 0.200. The third-order valence-electron chi connectivity index (χ3n) is 1.87. The van der Waals surface area contributed by atoms with Gasteiger partial charge in [0.1, 0.15) is 0 Å². The van der Waals surface area contributed by atoms with Crippen LogP contribution in [-0.4, -0.2) is 5.11 Å². The highest BCUT2D eigenvalue weighted by molar-refractivity contribution is 9.10. The van der Waals surface area contributed by atoms with Crippen LogP contribution in [0.15, 0.2) is 35.3 Å². The quantitative estimate of drug-likeness (QED) is 0.820. The summed E-state index contributed by atoms with van der Waals surface area (Å²) in [5.41, 5.74) is -0.638. The van der Waals surface area contributed by atoms with E-state index in [1.807, 2.05) is 0 Å². The summed E-state index contributed by atoms with van der Waals surface area (Å²) < 4.78 is 37.5. The van der Waals surface area contributed by atoms with Crippen molar-refractivity contribution in [2.45, 2.75) is 12.3 Å². The first-order valence-corrected chi connectivity index (χ1v) is 4.83. The molecule has 1 unspecified atom stereocenters. The lowest BCUT2D eigenvalue weighted by Gasteiger charge is -2.12. The van der Waals surface area contributed by atoms with Crippen LogP contribution in [-0.2, 0) is 6.18 Å². The van der Waals surface area contributed by atoms with Crippen molar-refractivity contribution in [2.24, 2.45) is 0 Å². The summed E-state index contributed by atoms with van der Waals surface area (Å²) in [6, 6.07) is 3.10. The molecule has 1 atom stereocenters. The minimum absolute atomic E-state index is 0.153. The molecule has 0 aliphatic carbocycles. The Balaban J connectivity index is 3.22. The van der Waals surface area contributed by atoms with Gasteiger partial charge in [-0.15, -0.1) is 6.58 Å². The minimum atomic E-state index is -4.41. The topological polar surface area (TPSA) is 20.2 Å². The van der Waals surface area contributed by atoms with E-state index in [2.05, 4.69) is 22.5 Å². The van der Waals surface area contributed by atoms with Crippen molar-refractivity contribution < 1.29 is 18.3 Å². The summed E-state index contributed by atoms with van der Waals surface area (Å²) in [5.74, 6) is 0. The molecule has 0 amide bonds. The molecule has 1 aromatic rings. The molecule has 0 aliphatic heterocycles. The van der Waals surface area contributed by atoms with Gasteiger partial charge in [-0.2, -0.15) is 13.2 Å². The summed E-state index contributed by atoms with van der Waals surface area (Å²) in [7, 11) is 0. The van der Waals surface area contributed by atoms with Gasteiger partial charge in [0.05, 0.1) is 11.7 Å². The van der Waals surface area contributed by atoms with E-state index >= 15 is 0 Å². The molecule has 82 valence electrons. The third kappa shape index (κ3) is 2.82. The van der Waals surface area contributed by atoms with Crippen LogP contribution in [0.5, 0.6) is 0 Å². The van der Waals surface area contributed by atoms with E-state index in [-0.39, 0.29) is 5.56 Å². The second-order valence-corrected chi connectivity index (χ2v) is 3.77. The number of benzene rings is 1. The van der Waals surface area contributed by atoms with Gasteiger partial charge in [0, 0.05) is 4.47 Å². The molecule has 5 heteroatoms. The zero-order valence-corrected chi connectivity index (χ0v) is 9.14. The van der Waals surface area contributed by atoms with Gasteiger partial charge in [-0.25, -0.2) is 0 Å². The smallest absolute Gasteiger partial charge is 0.384 e. The standard InChI is InChI=1S/C10H8BrF3O/c1-2-9(15)7-5-6(10(12,13)14)3-4-8(7)11/h2-5,9,15H,1H2. The van der Waals surface area contributed by atoms with Crippen molar-refractivity contribution in [1.82, 2.24) is 0 Å². The molecule has 0 spiro atoms. The molecule has 0 bridgehead atoms. The molecule has 15 heavy (non-hydrogen) atoms. The zero-order valence-electron chi connectivity index (χ0n) is 7.55. The Labute approximate surface area is 93.4 Å². The predicted octanol–water partition coefficient (Wildman–Crippen LogP) is 3.69. The fourth-order valence-electron chi connectivity index (χ4n) is 1.07. The number of rotatable bonds is 2. The van der Waals surface area contributed by atoms with E-state index in [0.29, 0.717) is 4.47 Å². The van der Waals surface area contributed by atoms with Crippen molar-refractivity contribution in [3.8, 4) is 0 Å². The van der Waals surface area contributed by atoms with Gasteiger partial charge in [0.2, 0.25) is 0 Å². The Bertz CT molecular complexity index is 373. The van der Waals surface area contributed by atoms with Gasteiger partial charge in [0.15, 0.2) is 0 Å². The molecule has 1 rings (SSSR count). The molecular formula is C10H8BrF3O. The van der Waals surface area contributed by atoms with Crippen LogP contribution in [0.4, 0.5) is 13.2 Å². The molecule has 0 aromatic heterocycles. The lowest BCUT2D eigenvalue weighted by atomic mass is 10.1. The van der Waals surface area contributed by atoms with Gasteiger partial charge < -0.3 is 5.11 Å². The van der Waals surface area contributed by atoms with Crippen LogP contribution in [0.2, 0.25) is 0 Å². The van der Waals surface area contributed by atoms with Crippen molar-refractivity contribution in [2.75, 3.05) is 0 Å². The largest absolute Gasteiger partial charge is 0.416 e. The molecule has 1 N–H and O–H groups in total. The normalized spacial score (nSPS) is 13.7. The van der Waals surface area contributed by atoms with Gasteiger partial charge >= 0.3 is 6.18 Å². The van der Waals surface area contributed by atoms with Crippen molar-refractivity contribution >= 4 is 15.9 Å². The van der Waals surface area contributed by atoms with Crippen molar-refractivity contribution in [1.29, 1.82) is 0 Å². The van der Waals surface area contributed by atoms with E-state index in [0.717, 1.165) is 12.1 Å². The maximum atomic E-state index is 12.3. The molecule has 1 nitrogen and oxygen atoms in total. The van der Waals surface area contributed by atoms with Crippen LogP contribution in [0.25, 0.3) is 0 Å². The lowest BCUT2D eigenvalue weighted by molar-refractivity contribution is -0.137. The van der Waals surface area contributed by atoms with E-state index in [4.69, 9.17) is 0 Å². The van der Waals surface area contributed by atoms with E-state index < -0.39 is 17.8 Å². The second-order valence-electron chi connectivity index (χ2n) is 2.91. The number of alkyl halides is 3. The third-order valence-corrected chi connectivity index (χ3v) is 2.59. The summed E-state index contributed by atoms with van der Waals surface area (Å²) in [6.07, 6.45) is -4.35. The molecule has 0 fully saturated rings. The predicted molar refractivity (Wildman–Crippen MR) is 54.3 cm³/mol. The molecule has 0 saturated heterocycles. The second kappa shape index (κ2) is 4.37. The van der Waals surface area contributed by atoms with Crippen molar-refractivity contribution in [3.05, 3.63) is 46.5 Å². The molecular weight excluding hydrogens is 273 g/mol. The Kier molecular flexibility index (Phi) is 3.57. The average Bonchev–Trinajstić information content (AvgIpc) is 2.15. The number of hydrogen-bond acceptors (Lipinski definition) is 1. The number of aliphatic hydroxyl groups is 1. The number of hydrogen-bond donors (Lipinski definition) is 1. The summed E-state index contributed by atoms with van der Waals surface area (Å²) >= 11 is 3.06. The highest BCUT2D eigenvalue weighted by Gasteiger charge is 2.31. The van der Waals surface area contributed by atoms with Crippen LogP contribution in [0.3, 0.4) is 0 Å². The first kappa shape index (κ1) is 12.3. The van der Waals surface area contributed by atoms with Crippen LogP contribution < -0.4 is 0 Å². The molecule has 0 saturated carbocycles. The number of aliphatic hydroxyl groups excluding tert-OH is 1. The maximum Gasteiger partial charge on any atom is 0.416 e. The number of halogens is 4. The first-order valence-electron chi connectivity index (χ1n) is 4.03. The summed E-state index contributed by atoms with van der Waals surface area (Å²) in [4.78, 5) is 0. The van der Waals surface area contributed by atoms with Crippen LogP contribution >= 0.6 is 15.9 Å². The van der Waals surface area contributed by atoms with E-state index in [9.17, 15) is 18.3 Å². The van der Waals surface area contributed by atoms with E-state index in [1.54, 1.807) is 0 Å². The Morgan fingerprint density at radius 1 is 1.40 bits per heavy atom. The highest BCUT2D eigenvalue weighted by atomic mass is 79.9.